The van der Waals surface area contributed by atoms with Crippen molar-refractivity contribution >= 4 is 17.6 Å². The maximum Gasteiger partial charge on any atom is 0.341 e. The Kier molecular flexibility index (Phi) is 5.46. The smallest absolute Gasteiger partial charge is 0.341 e. The number of nitrogens with zero attached hydrogens (tertiary/aromatic N) is 4. The third-order valence-corrected chi connectivity index (χ3v) is 7.65. The van der Waals surface area contributed by atoms with Gasteiger partial charge in [-0.2, -0.15) is 5.10 Å². The number of hydrogen-bond acceptors (Lipinski definition) is 4. The number of likely N-dealkylation sites (tertiary alicyclic amines) is 1. The van der Waals surface area contributed by atoms with Gasteiger partial charge in [0.1, 0.15) is 11.6 Å². The number of halogens is 1. The number of piperidine rings is 1. The van der Waals surface area contributed by atoms with E-state index >= 15 is 0 Å². The van der Waals surface area contributed by atoms with Gasteiger partial charge in [0, 0.05) is 37.7 Å². The summed E-state index contributed by atoms with van der Waals surface area (Å²) in [5.74, 6) is 0.140. The van der Waals surface area contributed by atoms with E-state index in [1.54, 1.807) is 18.0 Å². The molecule has 1 aliphatic carbocycles. The number of hydrazone groups is 1. The van der Waals surface area contributed by atoms with E-state index in [4.69, 9.17) is 9.84 Å². The van der Waals surface area contributed by atoms with Crippen molar-refractivity contribution in [1.29, 1.82) is 0 Å². The lowest BCUT2D eigenvalue weighted by Crippen LogP contribution is -2.52. The normalized spacial score (nSPS) is 23.8. The van der Waals surface area contributed by atoms with Crippen molar-refractivity contribution in [3.8, 4) is 5.75 Å². The van der Waals surface area contributed by atoms with Gasteiger partial charge in [0.05, 0.1) is 24.3 Å². The molecule has 182 valence electrons. The minimum atomic E-state index is -0.353. The molecule has 3 heterocycles. The van der Waals surface area contributed by atoms with Crippen molar-refractivity contribution in [2.45, 2.75) is 50.7 Å². The van der Waals surface area contributed by atoms with Crippen molar-refractivity contribution in [1.82, 2.24) is 14.8 Å². The minimum Gasteiger partial charge on any atom is -0.492 e. The number of fused-ring (bicyclic) bond motifs is 3. The van der Waals surface area contributed by atoms with E-state index in [1.165, 1.54) is 12.1 Å². The van der Waals surface area contributed by atoms with Gasteiger partial charge in [-0.1, -0.05) is 30.3 Å². The van der Waals surface area contributed by atoms with Crippen LogP contribution in [0.4, 0.5) is 9.18 Å². The molecule has 0 radical (unpaired) electrons. The van der Waals surface area contributed by atoms with Gasteiger partial charge >= 0.3 is 6.03 Å². The molecule has 2 aromatic carbocycles. The highest BCUT2D eigenvalue weighted by molar-refractivity contribution is 6.07. The summed E-state index contributed by atoms with van der Waals surface area (Å²) in [7, 11) is 0. The second-order valence-corrected chi connectivity index (χ2v) is 9.90. The van der Waals surface area contributed by atoms with Gasteiger partial charge in [0.2, 0.25) is 5.91 Å². The third kappa shape index (κ3) is 3.94. The Morgan fingerprint density at radius 2 is 1.74 bits per heavy atom. The highest BCUT2D eigenvalue weighted by Gasteiger charge is 2.49. The molecule has 1 saturated carbocycles. The second kappa shape index (κ2) is 8.66. The lowest BCUT2D eigenvalue weighted by atomic mass is 9.86. The van der Waals surface area contributed by atoms with Gasteiger partial charge in [-0.15, -0.1) is 0 Å². The molecule has 35 heavy (non-hydrogen) atoms. The molecule has 0 bridgehead atoms. The molecular weight excluding hydrogens is 447 g/mol. The summed E-state index contributed by atoms with van der Waals surface area (Å²) in [6, 6.07) is 14.2. The average molecular weight is 477 g/mol. The zero-order valence-electron chi connectivity index (χ0n) is 19.8. The quantitative estimate of drug-likeness (QED) is 0.667. The molecule has 4 aliphatic rings. The van der Waals surface area contributed by atoms with Crippen molar-refractivity contribution in [2.75, 3.05) is 19.7 Å². The standard InChI is InChI=1S/C27H29FN4O3/c1-17(33)30-13-11-21(12-14-30)31(20-8-9-20)27(34)32-26(18-5-3-2-4-6-18)23-16-35-24-10-7-19(28)15-22(24)25(23)29-32/h2-7,10,15,20-21,23,26H,8-9,11-14,16H2,1H3/t23-,26+/m0/s1. The predicted octanol–water partition coefficient (Wildman–Crippen LogP) is 4.19. The van der Waals surface area contributed by atoms with Crippen molar-refractivity contribution in [3.05, 3.63) is 65.5 Å². The maximum absolute atomic E-state index is 14.2. The summed E-state index contributed by atoms with van der Waals surface area (Å²) >= 11 is 0. The number of carbonyl (C=O) groups excluding carboxylic acids is 2. The molecule has 0 N–H and O–H groups in total. The summed E-state index contributed by atoms with van der Waals surface area (Å²) in [5.41, 5.74) is 2.30. The van der Waals surface area contributed by atoms with Gasteiger partial charge in [-0.05, 0) is 49.4 Å². The van der Waals surface area contributed by atoms with E-state index < -0.39 is 0 Å². The van der Waals surface area contributed by atoms with Gasteiger partial charge in [-0.25, -0.2) is 14.2 Å². The first-order valence-corrected chi connectivity index (χ1v) is 12.4. The Bertz CT molecular complexity index is 1170. The molecule has 0 aromatic heterocycles. The molecule has 2 fully saturated rings. The molecule has 2 aromatic rings. The Morgan fingerprint density at radius 1 is 1.03 bits per heavy atom. The molecule has 0 unspecified atom stereocenters. The Labute approximate surface area is 204 Å². The molecule has 3 amide bonds. The number of amides is 3. The number of rotatable bonds is 3. The van der Waals surface area contributed by atoms with Crippen LogP contribution in [0.3, 0.4) is 0 Å². The first-order chi connectivity index (χ1) is 17.0. The van der Waals surface area contributed by atoms with E-state index in [0.717, 1.165) is 31.2 Å². The fourth-order valence-electron chi connectivity index (χ4n) is 5.73. The maximum atomic E-state index is 14.2. The third-order valence-electron chi connectivity index (χ3n) is 7.65. The van der Waals surface area contributed by atoms with Crippen LogP contribution in [0.1, 0.15) is 49.8 Å². The molecular formula is C27H29FN4O3. The number of urea groups is 1. The van der Waals surface area contributed by atoms with E-state index in [9.17, 15) is 14.0 Å². The van der Waals surface area contributed by atoms with Gasteiger partial charge in [0.25, 0.3) is 0 Å². The van der Waals surface area contributed by atoms with Crippen LogP contribution in [0.2, 0.25) is 0 Å². The van der Waals surface area contributed by atoms with E-state index in [-0.39, 0.29) is 41.8 Å². The summed E-state index contributed by atoms with van der Waals surface area (Å²) in [6.07, 6.45) is 3.50. The predicted molar refractivity (Wildman–Crippen MR) is 128 cm³/mol. The van der Waals surface area contributed by atoms with Crippen LogP contribution in [-0.4, -0.2) is 64.2 Å². The van der Waals surface area contributed by atoms with Gasteiger partial charge in [0.15, 0.2) is 0 Å². The summed E-state index contributed by atoms with van der Waals surface area (Å²) in [4.78, 5) is 29.9. The number of hydrogen-bond donors (Lipinski definition) is 0. The monoisotopic (exact) mass is 476 g/mol. The second-order valence-electron chi connectivity index (χ2n) is 9.90. The van der Waals surface area contributed by atoms with Crippen molar-refractivity contribution < 1.29 is 18.7 Å². The van der Waals surface area contributed by atoms with Crippen LogP contribution in [0.5, 0.6) is 5.75 Å². The highest BCUT2D eigenvalue weighted by atomic mass is 19.1. The SMILES string of the molecule is CC(=O)N1CCC(N(C(=O)N2N=C3c4cc(F)ccc4OC[C@@H]3[C@H]2c2ccccc2)C2CC2)CC1. The van der Waals surface area contributed by atoms with E-state index in [1.807, 2.05) is 40.1 Å². The highest BCUT2D eigenvalue weighted by Crippen LogP contribution is 2.44. The first kappa shape index (κ1) is 22.1. The topological polar surface area (TPSA) is 65.5 Å². The average Bonchev–Trinajstić information content (AvgIpc) is 3.62. The fourth-order valence-corrected chi connectivity index (χ4v) is 5.73. The number of ether oxygens (including phenoxy) is 1. The summed E-state index contributed by atoms with van der Waals surface area (Å²) < 4.78 is 20.2. The lowest BCUT2D eigenvalue weighted by Gasteiger charge is -2.40. The summed E-state index contributed by atoms with van der Waals surface area (Å²) in [6.45, 7) is 3.30. The minimum absolute atomic E-state index is 0.0748. The van der Waals surface area contributed by atoms with Crippen LogP contribution in [0.25, 0.3) is 0 Å². The summed E-state index contributed by atoms with van der Waals surface area (Å²) in [5, 5.41) is 6.49. The van der Waals surface area contributed by atoms with Crippen LogP contribution in [0, 0.1) is 11.7 Å². The van der Waals surface area contributed by atoms with E-state index in [2.05, 4.69) is 0 Å². The van der Waals surface area contributed by atoms with E-state index in [0.29, 0.717) is 36.7 Å². The van der Waals surface area contributed by atoms with Crippen LogP contribution in [0.15, 0.2) is 53.6 Å². The molecule has 7 nitrogen and oxygen atoms in total. The van der Waals surface area contributed by atoms with Gasteiger partial charge in [-0.3, -0.25) is 4.79 Å². The van der Waals surface area contributed by atoms with Crippen molar-refractivity contribution in [3.63, 3.8) is 0 Å². The Balaban J connectivity index is 1.36. The number of benzene rings is 2. The Morgan fingerprint density at radius 3 is 2.43 bits per heavy atom. The van der Waals surface area contributed by atoms with Crippen LogP contribution < -0.4 is 4.74 Å². The zero-order valence-corrected chi connectivity index (χ0v) is 19.8. The largest absolute Gasteiger partial charge is 0.492 e. The van der Waals surface area contributed by atoms with Crippen molar-refractivity contribution in [2.24, 2.45) is 11.0 Å². The molecule has 8 heteroatoms. The molecule has 2 atom stereocenters. The van der Waals surface area contributed by atoms with Crippen LogP contribution in [-0.2, 0) is 4.79 Å². The first-order valence-electron chi connectivity index (χ1n) is 12.4. The molecule has 0 spiro atoms. The molecule has 6 rings (SSSR count). The lowest BCUT2D eigenvalue weighted by molar-refractivity contribution is -0.130. The van der Waals surface area contributed by atoms with Crippen LogP contribution >= 0.6 is 0 Å². The Hall–Kier alpha value is -3.42. The molecule has 3 aliphatic heterocycles. The zero-order chi connectivity index (χ0) is 24.1. The molecule has 1 saturated heterocycles. The fraction of sp³-hybridized carbons (Fsp3) is 0.444. The van der Waals surface area contributed by atoms with Gasteiger partial charge < -0.3 is 14.5 Å². The number of carbonyl (C=O) groups is 2.